The second-order valence-corrected chi connectivity index (χ2v) is 9.56. The van der Waals surface area contributed by atoms with Crippen LogP contribution in [0.4, 0.5) is 9.18 Å². The van der Waals surface area contributed by atoms with Crippen LogP contribution in [0.2, 0.25) is 0 Å². The van der Waals surface area contributed by atoms with Gasteiger partial charge in [-0.15, -0.1) is 0 Å². The van der Waals surface area contributed by atoms with Gasteiger partial charge in [0.15, 0.2) is 0 Å². The van der Waals surface area contributed by atoms with Crippen LogP contribution < -0.4 is 4.74 Å². The molecule has 1 amide bonds. The normalized spacial score (nSPS) is 18.6. The predicted molar refractivity (Wildman–Crippen MR) is 124 cm³/mol. The number of benzene rings is 2. The first-order valence-corrected chi connectivity index (χ1v) is 11.2. The molecule has 3 aromatic rings. The number of carbonyl (C=O) groups excluding carboxylic acids is 1. The van der Waals surface area contributed by atoms with Crippen molar-refractivity contribution in [2.45, 2.75) is 38.7 Å². The van der Waals surface area contributed by atoms with Crippen LogP contribution in [0.5, 0.6) is 5.75 Å². The van der Waals surface area contributed by atoms with Gasteiger partial charge in [0.25, 0.3) is 0 Å². The molecule has 0 bridgehead atoms. The van der Waals surface area contributed by atoms with Crippen LogP contribution in [0.3, 0.4) is 0 Å². The number of hydrogen-bond donors (Lipinski definition) is 2. The number of hydrogen-bond acceptors (Lipinski definition) is 5. The standard InChI is InChI=1S/C25H28FN3O5/c1-25(2,3)34-24(32)29-9-8-19(15-4-6-21(26)20(11-15)23(30)31)17(13-29)14-33-18-5-7-22-16(10-18)12-27-28-22/h4-7,10-12,17,19H,8-9,13-14H2,1-3H3,(H,27,28)(H,30,31)/t17-,19-/m0/s1. The first kappa shape index (κ1) is 23.5. The summed E-state index contributed by atoms with van der Waals surface area (Å²) < 4.78 is 25.6. The van der Waals surface area contributed by atoms with Gasteiger partial charge in [-0.1, -0.05) is 6.07 Å². The van der Waals surface area contributed by atoms with E-state index in [1.54, 1.807) is 17.2 Å². The summed E-state index contributed by atoms with van der Waals surface area (Å²) in [4.78, 5) is 25.8. The zero-order valence-electron chi connectivity index (χ0n) is 19.4. The first-order valence-electron chi connectivity index (χ1n) is 11.2. The van der Waals surface area contributed by atoms with Gasteiger partial charge < -0.3 is 19.5 Å². The average molecular weight is 470 g/mol. The Morgan fingerprint density at radius 1 is 1.24 bits per heavy atom. The van der Waals surface area contributed by atoms with Crippen molar-refractivity contribution >= 4 is 23.0 Å². The van der Waals surface area contributed by atoms with Crippen LogP contribution in [0.25, 0.3) is 10.9 Å². The second-order valence-electron chi connectivity index (χ2n) is 9.56. The van der Waals surface area contributed by atoms with Gasteiger partial charge >= 0.3 is 12.1 Å². The highest BCUT2D eigenvalue weighted by molar-refractivity contribution is 5.88. The molecule has 180 valence electrons. The summed E-state index contributed by atoms with van der Waals surface area (Å²) in [5.74, 6) is -1.70. The summed E-state index contributed by atoms with van der Waals surface area (Å²) in [6, 6.07) is 9.77. The topological polar surface area (TPSA) is 105 Å². The van der Waals surface area contributed by atoms with Crippen LogP contribution in [0, 0.1) is 11.7 Å². The van der Waals surface area contributed by atoms with Crippen LogP contribution in [-0.2, 0) is 4.74 Å². The van der Waals surface area contributed by atoms with Crippen molar-refractivity contribution in [3.63, 3.8) is 0 Å². The zero-order chi connectivity index (χ0) is 24.5. The molecule has 2 heterocycles. The Balaban J connectivity index is 1.57. The number of likely N-dealkylation sites (tertiary alicyclic amines) is 1. The molecule has 9 heteroatoms. The van der Waals surface area contributed by atoms with Crippen molar-refractivity contribution in [1.29, 1.82) is 0 Å². The fraction of sp³-hybridized carbons (Fsp3) is 0.400. The summed E-state index contributed by atoms with van der Waals surface area (Å²) >= 11 is 0. The van der Waals surface area contributed by atoms with Crippen molar-refractivity contribution in [1.82, 2.24) is 15.1 Å². The molecule has 1 aliphatic rings. The Morgan fingerprint density at radius 2 is 2.03 bits per heavy atom. The number of aromatic carboxylic acids is 1. The fourth-order valence-corrected chi connectivity index (χ4v) is 4.28. The number of aromatic amines is 1. The van der Waals surface area contributed by atoms with E-state index in [1.165, 1.54) is 12.1 Å². The lowest BCUT2D eigenvalue weighted by molar-refractivity contribution is 0.0111. The van der Waals surface area contributed by atoms with Gasteiger partial charge in [-0.2, -0.15) is 5.10 Å². The lowest BCUT2D eigenvalue weighted by Crippen LogP contribution is -2.46. The Hall–Kier alpha value is -3.62. The lowest BCUT2D eigenvalue weighted by Gasteiger charge is -2.39. The third kappa shape index (κ3) is 5.30. The molecule has 1 saturated heterocycles. The lowest BCUT2D eigenvalue weighted by atomic mass is 9.80. The third-order valence-corrected chi connectivity index (χ3v) is 5.91. The smallest absolute Gasteiger partial charge is 0.410 e. The SMILES string of the molecule is CC(C)(C)OC(=O)N1CC[C@@H](c2ccc(F)c(C(=O)O)c2)[C@H](COc2ccc3[nH]ncc3c2)C1. The number of carbonyl (C=O) groups is 2. The van der Waals surface area contributed by atoms with Crippen molar-refractivity contribution in [2.24, 2.45) is 5.92 Å². The molecule has 0 spiro atoms. The monoisotopic (exact) mass is 469 g/mol. The number of halogens is 1. The number of piperidine rings is 1. The van der Waals surface area contributed by atoms with Crippen molar-refractivity contribution in [2.75, 3.05) is 19.7 Å². The molecule has 1 aliphatic heterocycles. The highest BCUT2D eigenvalue weighted by atomic mass is 19.1. The zero-order valence-corrected chi connectivity index (χ0v) is 19.4. The van der Waals surface area contributed by atoms with Gasteiger partial charge in [0.05, 0.1) is 23.9 Å². The molecule has 0 radical (unpaired) electrons. The molecule has 34 heavy (non-hydrogen) atoms. The molecule has 8 nitrogen and oxygen atoms in total. The molecular formula is C25H28FN3O5. The van der Waals surface area contributed by atoms with Crippen LogP contribution in [0.1, 0.15) is 49.0 Å². The second kappa shape index (κ2) is 9.32. The number of carboxylic acids is 1. The number of H-pyrrole nitrogens is 1. The number of carboxylic acid groups (broad SMARTS) is 1. The van der Waals surface area contributed by atoms with Gasteiger partial charge in [-0.25, -0.2) is 14.0 Å². The summed E-state index contributed by atoms with van der Waals surface area (Å²) in [6.45, 7) is 6.54. The summed E-state index contributed by atoms with van der Waals surface area (Å²) in [7, 11) is 0. The van der Waals surface area contributed by atoms with E-state index in [-0.39, 0.29) is 24.0 Å². The number of nitrogens with one attached hydrogen (secondary N) is 1. The van der Waals surface area contributed by atoms with E-state index >= 15 is 0 Å². The number of fused-ring (bicyclic) bond motifs is 1. The largest absolute Gasteiger partial charge is 0.493 e. The highest BCUT2D eigenvalue weighted by Crippen LogP contribution is 2.35. The van der Waals surface area contributed by atoms with E-state index in [2.05, 4.69) is 10.2 Å². The van der Waals surface area contributed by atoms with Gasteiger partial charge in [0.2, 0.25) is 0 Å². The summed E-state index contributed by atoms with van der Waals surface area (Å²) in [5, 5.41) is 17.2. The maximum absolute atomic E-state index is 14.0. The molecule has 0 unspecified atom stereocenters. The van der Waals surface area contributed by atoms with Crippen molar-refractivity contribution in [3.05, 3.63) is 59.5 Å². The molecule has 2 N–H and O–H groups in total. The van der Waals surface area contributed by atoms with Gasteiger partial charge in [-0.05, 0) is 69.0 Å². The summed E-state index contributed by atoms with van der Waals surface area (Å²) in [5.41, 5.74) is 0.623. The van der Waals surface area contributed by atoms with Crippen molar-refractivity contribution in [3.8, 4) is 5.75 Å². The highest BCUT2D eigenvalue weighted by Gasteiger charge is 2.35. The van der Waals surface area contributed by atoms with E-state index in [0.29, 0.717) is 30.8 Å². The van der Waals surface area contributed by atoms with Crippen LogP contribution in [0.15, 0.2) is 42.6 Å². The first-order chi connectivity index (χ1) is 16.1. The minimum Gasteiger partial charge on any atom is -0.493 e. The number of aromatic nitrogens is 2. The Morgan fingerprint density at radius 3 is 2.76 bits per heavy atom. The molecule has 0 saturated carbocycles. The molecule has 4 rings (SSSR count). The van der Waals surface area contributed by atoms with E-state index in [0.717, 1.165) is 10.9 Å². The molecule has 0 aliphatic carbocycles. The van der Waals surface area contributed by atoms with Crippen LogP contribution >= 0.6 is 0 Å². The molecule has 1 fully saturated rings. The van der Waals surface area contributed by atoms with Gasteiger partial charge in [-0.3, -0.25) is 5.10 Å². The van der Waals surface area contributed by atoms with E-state index in [9.17, 15) is 19.1 Å². The van der Waals surface area contributed by atoms with E-state index in [4.69, 9.17) is 9.47 Å². The fourth-order valence-electron chi connectivity index (χ4n) is 4.28. The Labute approximate surface area is 196 Å². The number of ether oxygens (including phenoxy) is 2. The number of rotatable bonds is 5. The number of nitrogens with zero attached hydrogens (tertiary/aromatic N) is 2. The Kier molecular flexibility index (Phi) is 6.45. The van der Waals surface area contributed by atoms with Crippen LogP contribution in [-0.4, -0.2) is 57.6 Å². The van der Waals surface area contributed by atoms with Crippen molar-refractivity contribution < 1.29 is 28.6 Å². The molecular weight excluding hydrogens is 441 g/mol. The quantitative estimate of drug-likeness (QED) is 0.555. The number of amides is 1. The third-order valence-electron chi connectivity index (χ3n) is 5.91. The molecule has 1 aromatic heterocycles. The molecule has 2 atom stereocenters. The minimum absolute atomic E-state index is 0.116. The van der Waals surface area contributed by atoms with Gasteiger partial charge in [0.1, 0.15) is 17.2 Å². The maximum atomic E-state index is 14.0. The minimum atomic E-state index is -1.31. The molecule has 2 aromatic carbocycles. The van der Waals surface area contributed by atoms with E-state index in [1.807, 2.05) is 39.0 Å². The van der Waals surface area contributed by atoms with Gasteiger partial charge in [0, 0.05) is 24.4 Å². The summed E-state index contributed by atoms with van der Waals surface area (Å²) in [6.07, 6.45) is 1.88. The predicted octanol–water partition coefficient (Wildman–Crippen LogP) is 4.82. The Bertz CT molecular complexity index is 1200. The van der Waals surface area contributed by atoms with E-state index < -0.39 is 23.5 Å². The maximum Gasteiger partial charge on any atom is 0.410 e. The average Bonchev–Trinajstić information content (AvgIpc) is 3.24.